The molecule has 0 saturated carbocycles. The first-order valence-electron chi connectivity index (χ1n) is 7.92. The molecule has 0 bridgehead atoms. The molecule has 124 valence electrons. The first-order chi connectivity index (χ1) is 10.5. The van der Waals surface area contributed by atoms with Gasteiger partial charge in [-0.1, -0.05) is 13.8 Å². The van der Waals surface area contributed by atoms with E-state index >= 15 is 0 Å². The van der Waals surface area contributed by atoms with Gasteiger partial charge in [0.15, 0.2) is 0 Å². The van der Waals surface area contributed by atoms with Crippen LogP contribution in [-0.4, -0.2) is 30.4 Å². The lowest BCUT2D eigenvalue weighted by atomic mass is 10.1. The fourth-order valence-electron chi connectivity index (χ4n) is 1.91. The van der Waals surface area contributed by atoms with Gasteiger partial charge in [0.1, 0.15) is 5.75 Å². The van der Waals surface area contributed by atoms with E-state index in [0.29, 0.717) is 18.9 Å². The van der Waals surface area contributed by atoms with E-state index in [-0.39, 0.29) is 18.7 Å². The van der Waals surface area contributed by atoms with Gasteiger partial charge in [0.2, 0.25) is 0 Å². The number of aliphatic hydroxyl groups excluding tert-OH is 1. The Labute approximate surface area is 133 Å². The van der Waals surface area contributed by atoms with Gasteiger partial charge in [-0.05, 0) is 56.4 Å². The van der Waals surface area contributed by atoms with Crippen molar-refractivity contribution in [3.05, 3.63) is 24.3 Å². The van der Waals surface area contributed by atoms with Crippen molar-refractivity contribution < 1.29 is 14.6 Å². The number of carbonyl (C=O) groups is 1. The third kappa shape index (κ3) is 7.88. The summed E-state index contributed by atoms with van der Waals surface area (Å²) in [6.07, 6.45) is 2.46. The third-order valence-electron chi connectivity index (χ3n) is 3.25. The Hall–Kier alpha value is -1.75. The molecule has 5 nitrogen and oxygen atoms in total. The summed E-state index contributed by atoms with van der Waals surface area (Å²) >= 11 is 0. The quantitative estimate of drug-likeness (QED) is 0.655. The number of nitrogens with one attached hydrogen (secondary N) is 2. The van der Waals surface area contributed by atoms with Crippen molar-refractivity contribution in [1.29, 1.82) is 0 Å². The highest BCUT2D eigenvalue weighted by atomic mass is 16.5. The molecule has 5 heteroatoms. The molecule has 1 atom stereocenters. The van der Waals surface area contributed by atoms with Crippen LogP contribution < -0.4 is 15.4 Å². The fourth-order valence-corrected chi connectivity index (χ4v) is 1.91. The number of rotatable bonds is 9. The van der Waals surface area contributed by atoms with E-state index in [2.05, 4.69) is 24.5 Å². The highest BCUT2D eigenvalue weighted by Crippen LogP contribution is 2.16. The average Bonchev–Trinajstić information content (AvgIpc) is 2.46. The molecule has 1 rings (SSSR count). The topological polar surface area (TPSA) is 70.6 Å². The lowest BCUT2D eigenvalue weighted by Crippen LogP contribution is -2.36. The van der Waals surface area contributed by atoms with Gasteiger partial charge in [-0.25, -0.2) is 4.79 Å². The molecule has 3 N–H and O–H groups in total. The van der Waals surface area contributed by atoms with Gasteiger partial charge in [0.25, 0.3) is 0 Å². The molecule has 1 aromatic rings. The minimum absolute atomic E-state index is 0.0331. The minimum atomic E-state index is -0.237. The summed E-state index contributed by atoms with van der Waals surface area (Å²) in [5.41, 5.74) is 0.725. The van der Waals surface area contributed by atoms with Crippen molar-refractivity contribution in [2.24, 2.45) is 5.92 Å². The van der Waals surface area contributed by atoms with Gasteiger partial charge in [0, 0.05) is 18.3 Å². The first kappa shape index (κ1) is 18.3. The van der Waals surface area contributed by atoms with Crippen LogP contribution in [0.3, 0.4) is 0 Å². The Morgan fingerprint density at radius 2 is 1.86 bits per heavy atom. The second-order valence-electron chi connectivity index (χ2n) is 5.92. The number of amides is 2. The summed E-state index contributed by atoms with van der Waals surface area (Å²) in [7, 11) is 0. The molecule has 0 saturated heterocycles. The van der Waals surface area contributed by atoms with Crippen molar-refractivity contribution in [2.75, 3.05) is 18.5 Å². The van der Waals surface area contributed by atoms with Gasteiger partial charge in [-0.15, -0.1) is 0 Å². The van der Waals surface area contributed by atoms with Crippen LogP contribution in [0.25, 0.3) is 0 Å². The number of hydrogen-bond acceptors (Lipinski definition) is 3. The summed E-state index contributed by atoms with van der Waals surface area (Å²) in [4.78, 5) is 11.8. The summed E-state index contributed by atoms with van der Waals surface area (Å²) in [5, 5.41) is 14.4. The maximum Gasteiger partial charge on any atom is 0.319 e. The maximum absolute atomic E-state index is 11.8. The van der Waals surface area contributed by atoms with Crippen molar-refractivity contribution in [1.82, 2.24) is 5.32 Å². The van der Waals surface area contributed by atoms with E-state index in [1.807, 2.05) is 31.2 Å². The van der Waals surface area contributed by atoms with Gasteiger partial charge >= 0.3 is 6.03 Å². The second-order valence-corrected chi connectivity index (χ2v) is 5.92. The molecular weight excluding hydrogens is 280 g/mol. The summed E-state index contributed by atoms with van der Waals surface area (Å²) in [6, 6.07) is 7.14. The molecule has 0 fully saturated rings. The van der Waals surface area contributed by atoms with Crippen LogP contribution in [0, 0.1) is 5.92 Å². The molecule has 0 spiro atoms. The zero-order chi connectivity index (χ0) is 16.4. The zero-order valence-corrected chi connectivity index (χ0v) is 13.8. The minimum Gasteiger partial charge on any atom is -0.494 e. The Kier molecular flexibility index (Phi) is 8.36. The fraction of sp³-hybridized carbons (Fsp3) is 0.588. The van der Waals surface area contributed by atoms with Gasteiger partial charge in [0.05, 0.1) is 6.61 Å². The molecular formula is C17H28N2O3. The van der Waals surface area contributed by atoms with Crippen LogP contribution >= 0.6 is 0 Å². The predicted octanol–water partition coefficient (Wildman–Crippen LogP) is 3.39. The number of hydrogen-bond donors (Lipinski definition) is 3. The van der Waals surface area contributed by atoms with E-state index in [1.165, 1.54) is 0 Å². The zero-order valence-electron chi connectivity index (χ0n) is 13.8. The van der Waals surface area contributed by atoms with Crippen LogP contribution in [0.1, 0.15) is 40.0 Å². The molecule has 0 heterocycles. The number of benzene rings is 1. The van der Waals surface area contributed by atoms with E-state index < -0.39 is 0 Å². The van der Waals surface area contributed by atoms with Crippen LogP contribution in [0.15, 0.2) is 24.3 Å². The third-order valence-corrected chi connectivity index (χ3v) is 3.25. The van der Waals surface area contributed by atoms with E-state index in [4.69, 9.17) is 9.84 Å². The Morgan fingerprint density at radius 1 is 1.18 bits per heavy atom. The Bertz CT molecular complexity index is 432. The predicted molar refractivity (Wildman–Crippen MR) is 89.3 cm³/mol. The first-order valence-corrected chi connectivity index (χ1v) is 7.92. The smallest absolute Gasteiger partial charge is 0.319 e. The van der Waals surface area contributed by atoms with E-state index in [9.17, 15) is 4.79 Å². The number of ether oxygens (including phenoxy) is 1. The number of carbonyl (C=O) groups excluding carboxylic acids is 1. The molecule has 0 aliphatic heterocycles. The van der Waals surface area contributed by atoms with E-state index in [0.717, 1.165) is 24.3 Å². The highest BCUT2D eigenvalue weighted by molar-refractivity contribution is 5.89. The molecule has 2 amide bonds. The largest absolute Gasteiger partial charge is 0.494 e. The van der Waals surface area contributed by atoms with Gasteiger partial charge in [-0.2, -0.15) is 0 Å². The maximum atomic E-state index is 11.8. The summed E-state index contributed by atoms with van der Waals surface area (Å²) in [5.74, 6) is 1.43. The second kappa shape index (κ2) is 10.1. The van der Waals surface area contributed by atoms with Crippen molar-refractivity contribution >= 4 is 11.7 Å². The van der Waals surface area contributed by atoms with Crippen LogP contribution in [0.4, 0.5) is 10.5 Å². The number of anilines is 1. The van der Waals surface area contributed by atoms with E-state index in [1.54, 1.807) is 0 Å². The van der Waals surface area contributed by atoms with Gasteiger partial charge in [-0.3, -0.25) is 0 Å². The van der Waals surface area contributed by atoms with Crippen LogP contribution in [0.2, 0.25) is 0 Å². The number of aliphatic hydroxyl groups is 1. The number of urea groups is 1. The van der Waals surface area contributed by atoms with Crippen LogP contribution in [0.5, 0.6) is 5.75 Å². The average molecular weight is 308 g/mol. The molecule has 0 aliphatic carbocycles. The van der Waals surface area contributed by atoms with Crippen molar-refractivity contribution in [2.45, 2.75) is 46.1 Å². The lowest BCUT2D eigenvalue weighted by Gasteiger charge is -2.14. The molecule has 0 aromatic heterocycles. The molecule has 1 unspecified atom stereocenters. The highest BCUT2D eigenvalue weighted by Gasteiger charge is 2.07. The molecule has 1 aromatic carbocycles. The van der Waals surface area contributed by atoms with Crippen molar-refractivity contribution in [3.8, 4) is 5.75 Å². The van der Waals surface area contributed by atoms with Crippen molar-refractivity contribution in [3.63, 3.8) is 0 Å². The molecule has 22 heavy (non-hydrogen) atoms. The standard InChI is InChI=1S/C17H28N2O3/c1-13(2)10-12-22-16-8-6-15(7-9-16)19-17(21)18-14(3)5-4-11-20/h6-9,13-14,20H,4-5,10-12H2,1-3H3,(H2,18,19,21). The Balaban J connectivity index is 2.35. The molecule has 0 radical (unpaired) electrons. The lowest BCUT2D eigenvalue weighted by molar-refractivity contribution is 0.245. The summed E-state index contributed by atoms with van der Waals surface area (Å²) in [6.45, 7) is 7.09. The molecule has 0 aliphatic rings. The normalized spacial score (nSPS) is 12.0. The SMILES string of the molecule is CC(C)CCOc1ccc(NC(=O)NC(C)CCCO)cc1. The summed E-state index contributed by atoms with van der Waals surface area (Å²) < 4.78 is 5.63. The van der Waals surface area contributed by atoms with Gasteiger partial charge < -0.3 is 20.5 Å². The monoisotopic (exact) mass is 308 g/mol. The Morgan fingerprint density at radius 3 is 2.45 bits per heavy atom. The van der Waals surface area contributed by atoms with Crippen LogP contribution in [-0.2, 0) is 0 Å².